The standard InChI is InChI=1S/C15H26N2O2/c16-14(18)13(11-7-3-1-4-8-11)17-15(19)12-9-5-2-6-10-12/h11-13H,1-10H2,(H2,16,18)(H,17,19)/t13-/m0/s1. The van der Waals surface area contributed by atoms with Gasteiger partial charge in [0.05, 0.1) is 0 Å². The predicted octanol–water partition coefficient (Wildman–Crippen LogP) is 2.12. The molecule has 0 aromatic rings. The van der Waals surface area contributed by atoms with E-state index in [-0.39, 0.29) is 23.7 Å². The molecule has 0 bridgehead atoms. The van der Waals surface area contributed by atoms with Crippen molar-refractivity contribution in [2.45, 2.75) is 70.3 Å². The summed E-state index contributed by atoms with van der Waals surface area (Å²) in [6, 6.07) is -0.449. The van der Waals surface area contributed by atoms with Gasteiger partial charge in [0, 0.05) is 5.92 Å². The molecule has 2 aliphatic carbocycles. The van der Waals surface area contributed by atoms with Crippen LogP contribution in [0.3, 0.4) is 0 Å². The molecule has 0 aromatic heterocycles. The number of hydrogen-bond donors (Lipinski definition) is 2. The van der Waals surface area contributed by atoms with E-state index in [0.717, 1.165) is 51.4 Å². The molecule has 0 saturated heterocycles. The van der Waals surface area contributed by atoms with Crippen LogP contribution in [0, 0.1) is 11.8 Å². The second kappa shape index (κ2) is 6.92. The van der Waals surface area contributed by atoms with Crippen LogP contribution in [0.4, 0.5) is 0 Å². The summed E-state index contributed by atoms with van der Waals surface area (Å²) in [7, 11) is 0. The van der Waals surface area contributed by atoms with E-state index in [1.165, 1.54) is 12.8 Å². The van der Waals surface area contributed by atoms with Crippen LogP contribution in [-0.4, -0.2) is 17.9 Å². The van der Waals surface area contributed by atoms with Crippen molar-refractivity contribution >= 4 is 11.8 Å². The lowest BCUT2D eigenvalue weighted by molar-refractivity contribution is -0.132. The van der Waals surface area contributed by atoms with Crippen LogP contribution in [0.1, 0.15) is 64.2 Å². The number of rotatable bonds is 4. The topological polar surface area (TPSA) is 72.2 Å². The van der Waals surface area contributed by atoms with Crippen molar-refractivity contribution in [2.75, 3.05) is 0 Å². The van der Waals surface area contributed by atoms with Gasteiger partial charge in [-0.3, -0.25) is 9.59 Å². The third kappa shape index (κ3) is 3.95. The van der Waals surface area contributed by atoms with Crippen LogP contribution in [0.15, 0.2) is 0 Å². The van der Waals surface area contributed by atoms with E-state index in [1.807, 2.05) is 0 Å². The average molecular weight is 266 g/mol. The fraction of sp³-hybridized carbons (Fsp3) is 0.867. The second-order valence-corrected chi connectivity index (χ2v) is 6.12. The van der Waals surface area contributed by atoms with Crippen molar-refractivity contribution in [1.82, 2.24) is 5.32 Å². The third-order valence-corrected chi connectivity index (χ3v) is 4.70. The summed E-state index contributed by atoms with van der Waals surface area (Å²) in [5.41, 5.74) is 5.49. The molecule has 2 fully saturated rings. The summed E-state index contributed by atoms with van der Waals surface area (Å²) in [5.74, 6) is 0.0307. The molecule has 3 N–H and O–H groups in total. The molecule has 0 aliphatic heterocycles. The highest BCUT2D eigenvalue weighted by Crippen LogP contribution is 2.28. The lowest BCUT2D eigenvalue weighted by Gasteiger charge is -2.30. The molecule has 4 nitrogen and oxygen atoms in total. The van der Waals surface area contributed by atoms with Gasteiger partial charge in [-0.2, -0.15) is 0 Å². The number of nitrogens with two attached hydrogens (primary N) is 1. The molecule has 1 atom stereocenters. The molecular weight excluding hydrogens is 240 g/mol. The second-order valence-electron chi connectivity index (χ2n) is 6.12. The number of hydrogen-bond acceptors (Lipinski definition) is 2. The highest BCUT2D eigenvalue weighted by atomic mass is 16.2. The molecule has 2 rings (SSSR count). The molecule has 2 amide bonds. The van der Waals surface area contributed by atoms with E-state index >= 15 is 0 Å². The van der Waals surface area contributed by atoms with E-state index in [9.17, 15) is 9.59 Å². The maximum absolute atomic E-state index is 12.2. The normalized spacial score (nSPS) is 23.8. The number of carbonyl (C=O) groups excluding carboxylic acids is 2. The molecule has 0 unspecified atom stereocenters. The molecule has 2 saturated carbocycles. The average Bonchev–Trinajstić information content (AvgIpc) is 2.46. The summed E-state index contributed by atoms with van der Waals surface area (Å²) in [4.78, 5) is 23.9. The van der Waals surface area contributed by atoms with Gasteiger partial charge in [0.15, 0.2) is 0 Å². The minimum Gasteiger partial charge on any atom is -0.368 e. The van der Waals surface area contributed by atoms with Crippen molar-refractivity contribution in [3.05, 3.63) is 0 Å². The van der Waals surface area contributed by atoms with Crippen LogP contribution in [0.25, 0.3) is 0 Å². The first-order valence-electron chi connectivity index (χ1n) is 7.78. The SMILES string of the molecule is NC(=O)[C@@H](NC(=O)C1CCCCC1)C1CCCCC1. The van der Waals surface area contributed by atoms with Gasteiger partial charge in [-0.25, -0.2) is 0 Å². The Morgan fingerprint density at radius 3 is 1.95 bits per heavy atom. The quantitative estimate of drug-likeness (QED) is 0.818. The Labute approximate surface area is 115 Å². The maximum atomic E-state index is 12.2. The summed E-state index contributed by atoms with van der Waals surface area (Å²) in [6.07, 6.45) is 11.0. The Morgan fingerprint density at radius 1 is 0.895 bits per heavy atom. The van der Waals surface area contributed by atoms with E-state index < -0.39 is 6.04 Å². The summed E-state index contributed by atoms with van der Waals surface area (Å²) in [6.45, 7) is 0. The number of nitrogens with one attached hydrogen (secondary N) is 1. The van der Waals surface area contributed by atoms with E-state index in [0.29, 0.717) is 0 Å². The molecule has 0 radical (unpaired) electrons. The van der Waals surface area contributed by atoms with Crippen molar-refractivity contribution < 1.29 is 9.59 Å². The van der Waals surface area contributed by atoms with Crippen molar-refractivity contribution in [3.8, 4) is 0 Å². The minimum atomic E-state index is -0.449. The zero-order chi connectivity index (χ0) is 13.7. The van der Waals surface area contributed by atoms with Crippen LogP contribution in [0.5, 0.6) is 0 Å². The van der Waals surface area contributed by atoms with Gasteiger partial charge < -0.3 is 11.1 Å². The van der Waals surface area contributed by atoms with Gasteiger partial charge in [0.25, 0.3) is 0 Å². The predicted molar refractivity (Wildman–Crippen MR) is 74.3 cm³/mol. The molecule has 0 aromatic carbocycles. The first-order valence-corrected chi connectivity index (χ1v) is 7.78. The largest absolute Gasteiger partial charge is 0.368 e. The Kier molecular flexibility index (Phi) is 5.23. The lowest BCUT2D eigenvalue weighted by Crippen LogP contribution is -2.51. The maximum Gasteiger partial charge on any atom is 0.240 e. The zero-order valence-electron chi connectivity index (χ0n) is 11.7. The monoisotopic (exact) mass is 266 g/mol. The molecular formula is C15H26N2O2. The van der Waals surface area contributed by atoms with Gasteiger partial charge in [0.1, 0.15) is 6.04 Å². The van der Waals surface area contributed by atoms with Gasteiger partial charge in [-0.15, -0.1) is 0 Å². The fourth-order valence-corrected chi connectivity index (χ4v) is 3.52. The smallest absolute Gasteiger partial charge is 0.240 e. The molecule has 19 heavy (non-hydrogen) atoms. The fourth-order valence-electron chi connectivity index (χ4n) is 3.52. The highest BCUT2D eigenvalue weighted by Gasteiger charge is 2.31. The highest BCUT2D eigenvalue weighted by molar-refractivity contribution is 5.87. The molecule has 4 heteroatoms. The first-order chi connectivity index (χ1) is 9.18. The Bertz CT molecular complexity index is 318. The van der Waals surface area contributed by atoms with Crippen LogP contribution in [0.2, 0.25) is 0 Å². The van der Waals surface area contributed by atoms with Gasteiger partial charge in [0.2, 0.25) is 11.8 Å². The van der Waals surface area contributed by atoms with E-state index in [1.54, 1.807) is 0 Å². The zero-order valence-corrected chi connectivity index (χ0v) is 11.7. The van der Waals surface area contributed by atoms with Crippen molar-refractivity contribution in [1.29, 1.82) is 0 Å². The van der Waals surface area contributed by atoms with E-state index in [4.69, 9.17) is 5.73 Å². The molecule has 108 valence electrons. The van der Waals surface area contributed by atoms with Gasteiger partial charge in [-0.05, 0) is 31.6 Å². The van der Waals surface area contributed by atoms with Crippen molar-refractivity contribution in [3.63, 3.8) is 0 Å². The molecule has 0 heterocycles. The minimum absolute atomic E-state index is 0.0501. The van der Waals surface area contributed by atoms with Gasteiger partial charge in [-0.1, -0.05) is 38.5 Å². The Balaban J connectivity index is 1.91. The van der Waals surface area contributed by atoms with E-state index in [2.05, 4.69) is 5.32 Å². The summed E-state index contributed by atoms with van der Waals surface area (Å²) >= 11 is 0. The summed E-state index contributed by atoms with van der Waals surface area (Å²) < 4.78 is 0. The Morgan fingerprint density at radius 2 is 1.42 bits per heavy atom. The number of primary amides is 1. The van der Waals surface area contributed by atoms with Crippen LogP contribution >= 0.6 is 0 Å². The van der Waals surface area contributed by atoms with Crippen LogP contribution < -0.4 is 11.1 Å². The van der Waals surface area contributed by atoms with Gasteiger partial charge >= 0.3 is 0 Å². The van der Waals surface area contributed by atoms with Crippen LogP contribution in [-0.2, 0) is 9.59 Å². The number of amides is 2. The number of carbonyl (C=O) groups is 2. The summed E-state index contributed by atoms with van der Waals surface area (Å²) in [5, 5.41) is 2.94. The lowest BCUT2D eigenvalue weighted by atomic mass is 9.82. The molecule has 2 aliphatic rings. The molecule has 0 spiro atoms. The first kappa shape index (κ1) is 14.4. The van der Waals surface area contributed by atoms with Crippen molar-refractivity contribution in [2.24, 2.45) is 17.6 Å². The third-order valence-electron chi connectivity index (χ3n) is 4.70. The Hall–Kier alpha value is -1.06.